The molecule has 1 aliphatic heterocycles. The Balaban J connectivity index is 1.81. The van der Waals surface area contributed by atoms with Gasteiger partial charge in [-0.15, -0.1) is 0 Å². The van der Waals surface area contributed by atoms with Crippen molar-refractivity contribution in [3.63, 3.8) is 0 Å². The maximum Gasteiger partial charge on any atom is 0.128 e. The summed E-state index contributed by atoms with van der Waals surface area (Å²) >= 11 is 0. The Morgan fingerprint density at radius 3 is 2.84 bits per heavy atom. The van der Waals surface area contributed by atoms with Crippen molar-refractivity contribution in [2.24, 2.45) is 5.92 Å². The van der Waals surface area contributed by atoms with Crippen molar-refractivity contribution in [1.29, 1.82) is 0 Å². The molecule has 1 saturated heterocycles. The number of nitrogens with zero attached hydrogens (tertiary/aromatic N) is 2. The molecule has 0 saturated carbocycles. The van der Waals surface area contributed by atoms with Crippen molar-refractivity contribution in [2.45, 2.75) is 26.2 Å². The van der Waals surface area contributed by atoms with Gasteiger partial charge in [0.25, 0.3) is 0 Å². The van der Waals surface area contributed by atoms with Gasteiger partial charge in [-0.3, -0.25) is 0 Å². The predicted molar refractivity (Wildman–Crippen MR) is 81.7 cm³/mol. The van der Waals surface area contributed by atoms with E-state index >= 15 is 0 Å². The molecule has 2 N–H and O–H groups in total. The molecule has 2 heterocycles. The van der Waals surface area contributed by atoms with Crippen molar-refractivity contribution < 1.29 is 0 Å². The van der Waals surface area contributed by atoms with E-state index in [0.717, 1.165) is 37.1 Å². The summed E-state index contributed by atoms with van der Waals surface area (Å²) in [6, 6.07) is 6.12. The summed E-state index contributed by atoms with van der Waals surface area (Å²) in [6.45, 7) is 6.60. The van der Waals surface area contributed by atoms with E-state index in [4.69, 9.17) is 0 Å². The highest BCUT2D eigenvalue weighted by molar-refractivity contribution is 5.45. The van der Waals surface area contributed by atoms with Crippen LogP contribution in [0, 0.1) is 5.92 Å². The van der Waals surface area contributed by atoms with Gasteiger partial charge >= 0.3 is 0 Å². The third-order valence-corrected chi connectivity index (χ3v) is 3.60. The van der Waals surface area contributed by atoms with Gasteiger partial charge in [0.1, 0.15) is 11.6 Å². The summed E-state index contributed by atoms with van der Waals surface area (Å²) in [5.41, 5.74) is 0. The zero-order valence-electron chi connectivity index (χ0n) is 12.2. The quantitative estimate of drug-likeness (QED) is 0.827. The van der Waals surface area contributed by atoms with Crippen molar-refractivity contribution >= 4 is 11.6 Å². The van der Waals surface area contributed by atoms with E-state index in [1.165, 1.54) is 25.9 Å². The molecule has 1 aliphatic rings. The minimum atomic E-state index is 0.743. The monoisotopic (exact) mass is 262 g/mol. The molecule has 0 bridgehead atoms. The van der Waals surface area contributed by atoms with Gasteiger partial charge in [-0.1, -0.05) is 13.0 Å². The molecule has 1 aromatic rings. The fraction of sp³-hybridized carbons (Fsp3) is 0.667. The Labute approximate surface area is 116 Å². The number of hydrogen-bond acceptors (Lipinski definition) is 4. The number of aromatic nitrogens is 1. The second-order valence-electron chi connectivity index (χ2n) is 5.49. The first-order valence-corrected chi connectivity index (χ1v) is 7.41. The van der Waals surface area contributed by atoms with Gasteiger partial charge in [-0.05, 0) is 50.9 Å². The van der Waals surface area contributed by atoms with Crippen LogP contribution in [0.15, 0.2) is 18.2 Å². The molecule has 106 valence electrons. The van der Waals surface area contributed by atoms with Crippen LogP contribution in [-0.2, 0) is 0 Å². The van der Waals surface area contributed by atoms with E-state index in [-0.39, 0.29) is 0 Å². The van der Waals surface area contributed by atoms with Crippen LogP contribution in [0.2, 0.25) is 0 Å². The molecule has 0 aromatic carbocycles. The van der Waals surface area contributed by atoms with Crippen LogP contribution in [0.5, 0.6) is 0 Å². The highest BCUT2D eigenvalue weighted by atomic mass is 15.1. The molecule has 1 atom stereocenters. The van der Waals surface area contributed by atoms with Gasteiger partial charge in [0.15, 0.2) is 0 Å². The minimum Gasteiger partial charge on any atom is -0.370 e. The summed E-state index contributed by atoms with van der Waals surface area (Å²) in [4.78, 5) is 7.00. The highest BCUT2D eigenvalue weighted by Gasteiger charge is 2.16. The molecule has 0 amide bonds. The Hall–Kier alpha value is -1.29. The number of piperidine rings is 1. The second-order valence-corrected chi connectivity index (χ2v) is 5.49. The zero-order valence-corrected chi connectivity index (χ0v) is 12.2. The standard InChI is InChI=1S/C15H26N4/c1-3-9-16-14-7-4-8-15(18-14)17-11-13-6-5-10-19(2)12-13/h4,7-8,13H,3,5-6,9-12H2,1-2H3,(H2,16,17,18). The first-order chi connectivity index (χ1) is 9.28. The maximum atomic E-state index is 4.58. The minimum absolute atomic E-state index is 0.743. The topological polar surface area (TPSA) is 40.2 Å². The number of nitrogens with one attached hydrogen (secondary N) is 2. The van der Waals surface area contributed by atoms with Gasteiger partial charge in [0.05, 0.1) is 0 Å². The van der Waals surface area contributed by atoms with Crippen molar-refractivity contribution in [2.75, 3.05) is 43.9 Å². The highest BCUT2D eigenvalue weighted by Crippen LogP contribution is 2.16. The smallest absolute Gasteiger partial charge is 0.128 e. The summed E-state index contributed by atoms with van der Waals surface area (Å²) in [7, 11) is 2.21. The molecule has 1 unspecified atom stereocenters. The molecular formula is C15H26N4. The molecule has 1 aromatic heterocycles. The van der Waals surface area contributed by atoms with Crippen molar-refractivity contribution in [3.05, 3.63) is 18.2 Å². The fourth-order valence-electron chi connectivity index (χ4n) is 2.57. The molecule has 0 radical (unpaired) electrons. The Bertz CT molecular complexity index is 380. The van der Waals surface area contributed by atoms with Crippen LogP contribution >= 0.6 is 0 Å². The lowest BCUT2D eigenvalue weighted by Gasteiger charge is -2.29. The van der Waals surface area contributed by atoms with Crippen LogP contribution in [0.3, 0.4) is 0 Å². The molecular weight excluding hydrogens is 236 g/mol. The maximum absolute atomic E-state index is 4.58. The number of anilines is 2. The largest absolute Gasteiger partial charge is 0.370 e. The SMILES string of the molecule is CCCNc1cccc(NCC2CCCN(C)C2)n1. The normalized spacial score (nSPS) is 20.2. The molecule has 19 heavy (non-hydrogen) atoms. The summed E-state index contributed by atoms with van der Waals surface area (Å²) < 4.78 is 0. The van der Waals surface area contributed by atoms with Crippen molar-refractivity contribution in [1.82, 2.24) is 9.88 Å². The van der Waals surface area contributed by atoms with E-state index in [0.29, 0.717) is 0 Å². The lowest BCUT2D eigenvalue weighted by atomic mass is 9.98. The molecule has 4 heteroatoms. The molecule has 4 nitrogen and oxygen atoms in total. The first kappa shape index (κ1) is 14.1. The Morgan fingerprint density at radius 1 is 1.32 bits per heavy atom. The van der Waals surface area contributed by atoms with E-state index in [1.54, 1.807) is 0 Å². The first-order valence-electron chi connectivity index (χ1n) is 7.41. The Kier molecular flexibility index (Phi) is 5.45. The van der Waals surface area contributed by atoms with Gasteiger partial charge in [-0.25, -0.2) is 4.98 Å². The molecule has 0 spiro atoms. The molecule has 2 rings (SSSR count). The number of rotatable bonds is 6. The third kappa shape index (κ3) is 4.71. The van der Waals surface area contributed by atoms with Crippen LogP contribution in [0.25, 0.3) is 0 Å². The summed E-state index contributed by atoms with van der Waals surface area (Å²) in [5.74, 6) is 2.69. The van der Waals surface area contributed by atoms with Crippen LogP contribution in [0.4, 0.5) is 11.6 Å². The van der Waals surface area contributed by atoms with Gasteiger partial charge in [0, 0.05) is 19.6 Å². The van der Waals surface area contributed by atoms with Gasteiger partial charge < -0.3 is 15.5 Å². The summed E-state index contributed by atoms with van der Waals surface area (Å²) in [6.07, 6.45) is 3.76. The van der Waals surface area contributed by atoms with Crippen LogP contribution in [-0.4, -0.2) is 43.1 Å². The summed E-state index contributed by atoms with van der Waals surface area (Å²) in [5, 5.41) is 6.79. The average Bonchev–Trinajstić information content (AvgIpc) is 2.43. The van der Waals surface area contributed by atoms with E-state index in [1.807, 2.05) is 12.1 Å². The van der Waals surface area contributed by atoms with E-state index < -0.39 is 0 Å². The lowest BCUT2D eigenvalue weighted by molar-refractivity contribution is 0.217. The number of pyridine rings is 1. The van der Waals surface area contributed by atoms with Crippen LogP contribution < -0.4 is 10.6 Å². The molecule has 1 fully saturated rings. The van der Waals surface area contributed by atoms with Crippen molar-refractivity contribution in [3.8, 4) is 0 Å². The van der Waals surface area contributed by atoms with Crippen LogP contribution in [0.1, 0.15) is 26.2 Å². The zero-order chi connectivity index (χ0) is 13.5. The third-order valence-electron chi connectivity index (χ3n) is 3.60. The molecule has 0 aliphatic carbocycles. The predicted octanol–water partition coefficient (Wildman–Crippen LogP) is 2.66. The Morgan fingerprint density at radius 2 is 2.11 bits per heavy atom. The number of hydrogen-bond donors (Lipinski definition) is 2. The average molecular weight is 262 g/mol. The van der Waals surface area contributed by atoms with E-state index in [9.17, 15) is 0 Å². The number of likely N-dealkylation sites (tertiary alicyclic amines) is 1. The van der Waals surface area contributed by atoms with Gasteiger partial charge in [-0.2, -0.15) is 0 Å². The lowest BCUT2D eigenvalue weighted by Crippen LogP contribution is -2.35. The fourth-order valence-corrected chi connectivity index (χ4v) is 2.57. The van der Waals surface area contributed by atoms with Gasteiger partial charge in [0.2, 0.25) is 0 Å². The second kappa shape index (κ2) is 7.34. The van der Waals surface area contributed by atoms with E-state index in [2.05, 4.69) is 40.6 Å².